The summed E-state index contributed by atoms with van der Waals surface area (Å²) >= 11 is 1.60. The lowest BCUT2D eigenvalue weighted by Gasteiger charge is -2.12. The van der Waals surface area contributed by atoms with Crippen molar-refractivity contribution in [3.63, 3.8) is 0 Å². The van der Waals surface area contributed by atoms with Gasteiger partial charge in [-0.2, -0.15) is 0 Å². The van der Waals surface area contributed by atoms with Gasteiger partial charge in [0.05, 0.1) is 22.4 Å². The van der Waals surface area contributed by atoms with Crippen LogP contribution in [0.1, 0.15) is 13.3 Å². The Kier molecular flexibility index (Phi) is 3.76. The molecule has 0 amide bonds. The number of rotatable bonds is 4. The quantitative estimate of drug-likeness (QED) is 0.940. The van der Waals surface area contributed by atoms with E-state index in [2.05, 4.69) is 10.3 Å². The van der Waals surface area contributed by atoms with Gasteiger partial charge in [-0.1, -0.05) is 11.3 Å². The average Bonchev–Trinajstić information content (AvgIpc) is 2.99. The van der Waals surface area contributed by atoms with E-state index in [1.807, 2.05) is 25.2 Å². The fraction of sp³-hybridized carbons (Fsp3) is 0.500. The summed E-state index contributed by atoms with van der Waals surface area (Å²) in [5, 5.41) is 3.91. The van der Waals surface area contributed by atoms with Crippen LogP contribution >= 0.6 is 11.3 Å². The first-order valence-electron chi connectivity index (χ1n) is 6.66. The van der Waals surface area contributed by atoms with E-state index in [1.165, 1.54) is 0 Å². The summed E-state index contributed by atoms with van der Waals surface area (Å²) in [6, 6.07) is 5.79. The Labute approximate surface area is 120 Å². The number of benzene rings is 1. The number of nitrogens with zero attached hydrogens (tertiary/aromatic N) is 1. The predicted octanol–water partition coefficient (Wildman–Crippen LogP) is 3.23. The number of hydrogen-bond acceptors (Lipinski definition) is 5. The van der Waals surface area contributed by atoms with E-state index in [-0.39, 0.29) is 12.2 Å². The molecule has 1 saturated heterocycles. The van der Waals surface area contributed by atoms with Crippen LogP contribution in [0.2, 0.25) is 0 Å². The maximum atomic E-state index is 13.3. The van der Waals surface area contributed by atoms with Gasteiger partial charge in [0, 0.05) is 19.5 Å². The van der Waals surface area contributed by atoms with Gasteiger partial charge >= 0.3 is 0 Å². The van der Waals surface area contributed by atoms with Crippen LogP contribution < -0.4 is 10.1 Å². The number of fused-ring (bicyclic) bond motifs is 1. The summed E-state index contributed by atoms with van der Waals surface area (Å²) in [4.78, 5) is 4.43. The number of hydrogen-bond donors (Lipinski definition) is 1. The average molecular weight is 296 g/mol. The van der Waals surface area contributed by atoms with Gasteiger partial charge in [-0.05, 0) is 19.1 Å². The van der Waals surface area contributed by atoms with Gasteiger partial charge in [-0.15, -0.1) is 0 Å². The van der Waals surface area contributed by atoms with Gasteiger partial charge in [-0.3, -0.25) is 0 Å². The van der Waals surface area contributed by atoms with E-state index in [0.717, 1.165) is 21.1 Å². The summed E-state index contributed by atoms with van der Waals surface area (Å²) in [5.41, 5.74) is 0.904. The van der Waals surface area contributed by atoms with Gasteiger partial charge in [0.2, 0.25) is 0 Å². The number of ether oxygens (including phenoxy) is 2. The first-order chi connectivity index (χ1) is 9.65. The number of halogens is 1. The molecule has 0 unspecified atom stereocenters. The molecule has 3 rings (SSSR count). The van der Waals surface area contributed by atoms with Crippen molar-refractivity contribution in [2.45, 2.75) is 31.7 Å². The third kappa shape index (κ3) is 2.71. The van der Waals surface area contributed by atoms with Gasteiger partial charge in [0.15, 0.2) is 5.13 Å². The highest BCUT2D eigenvalue weighted by Gasteiger charge is 2.32. The zero-order valence-corrected chi connectivity index (χ0v) is 12.2. The molecule has 0 spiro atoms. The molecule has 108 valence electrons. The third-order valence-corrected chi connectivity index (χ3v) is 4.47. The van der Waals surface area contributed by atoms with E-state index >= 15 is 0 Å². The Morgan fingerprint density at radius 3 is 3.10 bits per heavy atom. The van der Waals surface area contributed by atoms with Crippen molar-refractivity contribution in [2.24, 2.45) is 0 Å². The lowest BCUT2D eigenvalue weighted by molar-refractivity contribution is 0.0167. The molecule has 0 saturated carbocycles. The largest absolute Gasteiger partial charge is 0.491 e. The van der Waals surface area contributed by atoms with Crippen molar-refractivity contribution in [1.29, 1.82) is 0 Å². The summed E-state index contributed by atoms with van der Waals surface area (Å²) in [5.74, 6) is 0.740. The summed E-state index contributed by atoms with van der Waals surface area (Å²) in [7, 11) is 1.85. The second-order valence-corrected chi connectivity index (χ2v) is 5.96. The predicted molar refractivity (Wildman–Crippen MR) is 78.5 cm³/mol. The van der Waals surface area contributed by atoms with Crippen molar-refractivity contribution in [3.8, 4) is 5.75 Å². The third-order valence-electron chi connectivity index (χ3n) is 3.41. The molecule has 6 heteroatoms. The molecular weight excluding hydrogens is 279 g/mol. The van der Waals surface area contributed by atoms with Crippen molar-refractivity contribution in [2.75, 3.05) is 19.0 Å². The lowest BCUT2D eigenvalue weighted by atomic mass is 10.2. The minimum Gasteiger partial charge on any atom is -0.491 e. The number of nitrogens with one attached hydrogen (secondary N) is 1. The monoisotopic (exact) mass is 296 g/mol. The number of alkyl halides is 1. The van der Waals surface area contributed by atoms with Crippen molar-refractivity contribution < 1.29 is 13.9 Å². The highest BCUT2D eigenvalue weighted by molar-refractivity contribution is 7.22. The van der Waals surface area contributed by atoms with Crippen molar-refractivity contribution >= 4 is 26.7 Å². The Balaban J connectivity index is 1.65. The minimum atomic E-state index is -0.886. The molecule has 0 aliphatic carbocycles. The van der Waals surface area contributed by atoms with Crippen LogP contribution in [-0.2, 0) is 4.74 Å². The first kappa shape index (κ1) is 13.6. The topological polar surface area (TPSA) is 43.4 Å². The standard InChI is InChI=1S/C14H17FN2O2S/c1-8-11(15)5-10(19-8)7-18-9-3-4-13-12(6-9)17-14(16-2)20-13/h3-4,6,8,10-11H,5,7H2,1-2H3,(H,16,17)/t8-,10-,11-/m0/s1. The highest BCUT2D eigenvalue weighted by atomic mass is 32.1. The normalized spacial score (nSPS) is 26.1. The van der Waals surface area contributed by atoms with Crippen molar-refractivity contribution in [1.82, 2.24) is 4.98 Å². The summed E-state index contributed by atoms with van der Waals surface area (Å²) < 4.78 is 25.6. The molecule has 4 nitrogen and oxygen atoms in total. The van der Waals surface area contributed by atoms with E-state index in [9.17, 15) is 4.39 Å². The molecule has 2 aromatic rings. The van der Waals surface area contributed by atoms with E-state index in [1.54, 1.807) is 18.3 Å². The van der Waals surface area contributed by atoms with Crippen LogP contribution in [0.15, 0.2) is 18.2 Å². The molecule has 1 aliphatic rings. The van der Waals surface area contributed by atoms with E-state index in [0.29, 0.717) is 13.0 Å². The molecule has 3 atom stereocenters. The van der Waals surface area contributed by atoms with Crippen LogP contribution in [0.5, 0.6) is 5.75 Å². The van der Waals surface area contributed by atoms with Crippen LogP contribution in [0.3, 0.4) is 0 Å². The number of thiazole rings is 1. The van der Waals surface area contributed by atoms with Crippen molar-refractivity contribution in [3.05, 3.63) is 18.2 Å². The fourth-order valence-corrected chi connectivity index (χ4v) is 3.09. The van der Waals surface area contributed by atoms with E-state index in [4.69, 9.17) is 9.47 Å². The fourth-order valence-electron chi connectivity index (χ4n) is 2.29. The maximum Gasteiger partial charge on any atom is 0.183 e. The van der Waals surface area contributed by atoms with Crippen LogP contribution in [-0.4, -0.2) is 37.0 Å². The van der Waals surface area contributed by atoms with Gasteiger partial charge in [-0.25, -0.2) is 9.37 Å². The molecule has 1 fully saturated rings. The molecule has 1 aromatic carbocycles. The van der Waals surface area contributed by atoms with Crippen LogP contribution in [0.25, 0.3) is 10.2 Å². The molecule has 0 radical (unpaired) electrons. The summed E-state index contributed by atoms with van der Waals surface area (Å²) in [6.45, 7) is 2.13. The molecular formula is C14H17FN2O2S. The minimum absolute atomic E-state index is 0.168. The second kappa shape index (κ2) is 5.54. The van der Waals surface area contributed by atoms with E-state index < -0.39 is 6.17 Å². The molecule has 1 aromatic heterocycles. The molecule has 1 aliphatic heterocycles. The Bertz CT molecular complexity index is 594. The number of aromatic nitrogens is 1. The van der Waals surface area contributed by atoms with Gasteiger partial charge < -0.3 is 14.8 Å². The van der Waals surface area contributed by atoms with Gasteiger partial charge in [0.1, 0.15) is 18.5 Å². The highest BCUT2D eigenvalue weighted by Crippen LogP contribution is 2.29. The zero-order chi connectivity index (χ0) is 14.1. The Hall–Kier alpha value is -1.40. The first-order valence-corrected chi connectivity index (χ1v) is 7.48. The van der Waals surface area contributed by atoms with Crippen LogP contribution in [0, 0.1) is 0 Å². The SMILES string of the molecule is CNc1nc2cc(OC[C@@H]3C[C@H](F)[C@H](C)O3)ccc2s1. The second-order valence-electron chi connectivity index (χ2n) is 4.92. The summed E-state index contributed by atoms with van der Waals surface area (Å²) in [6.07, 6.45) is -0.978. The zero-order valence-electron chi connectivity index (χ0n) is 11.4. The maximum absolute atomic E-state index is 13.3. The van der Waals surface area contributed by atoms with Gasteiger partial charge in [0.25, 0.3) is 0 Å². The number of anilines is 1. The molecule has 1 N–H and O–H groups in total. The van der Waals surface area contributed by atoms with Crippen LogP contribution in [0.4, 0.5) is 9.52 Å². The lowest BCUT2D eigenvalue weighted by Crippen LogP contribution is -2.17. The molecule has 20 heavy (non-hydrogen) atoms. The Morgan fingerprint density at radius 2 is 2.40 bits per heavy atom. The smallest absolute Gasteiger partial charge is 0.183 e. The Morgan fingerprint density at radius 1 is 1.55 bits per heavy atom. The molecule has 2 heterocycles. The molecule has 0 bridgehead atoms.